The first-order chi connectivity index (χ1) is 7.05. The van der Waals surface area contributed by atoms with Gasteiger partial charge in [0.2, 0.25) is 7.71 Å². The monoisotopic (exact) mass is 262 g/mol. The smallest absolute Gasteiger partial charge is 0.0918 e. The molecule has 0 aromatic rings. The van der Waals surface area contributed by atoms with Crippen molar-refractivity contribution in [3.8, 4) is 0 Å². The van der Waals surface area contributed by atoms with E-state index in [0.717, 1.165) is 14.6 Å². The van der Waals surface area contributed by atoms with Crippen LogP contribution in [0.4, 0.5) is 0 Å². The van der Waals surface area contributed by atoms with E-state index in [1.54, 1.807) is 0 Å². The van der Waals surface area contributed by atoms with Crippen molar-refractivity contribution in [1.82, 2.24) is 0 Å². The molecule has 3 heteroatoms. The molecule has 0 saturated heterocycles. The van der Waals surface area contributed by atoms with E-state index in [-0.39, 0.29) is 7.71 Å². The van der Waals surface area contributed by atoms with Crippen molar-refractivity contribution in [2.24, 2.45) is 10.4 Å². The number of hydrogen-bond acceptors (Lipinski definition) is 1. The fourth-order valence-corrected chi connectivity index (χ4v) is 7.86. The molecule has 0 bridgehead atoms. The maximum Gasteiger partial charge on any atom is 0.214 e. The van der Waals surface area contributed by atoms with Crippen molar-refractivity contribution in [2.75, 3.05) is 6.16 Å². The second-order valence-electron chi connectivity index (χ2n) is 6.84. The molecular formula is C13H30NP2+. The van der Waals surface area contributed by atoms with Crippen LogP contribution in [0.2, 0.25) is 0 Å². The van der Waals surface area contributed by atoms with Crippen molar-refractivity contribution >= 4 is 16.4 Å². The standard InChI is InChI=1S/C13H30NP2/c1-11(2)9-10-15-14-16(12(3,4)5)13(6,7)8/h11,15H,9-10H2,1-8H3/q+1. The van der Waals surface area contributed by atoms with Gasteiger partial charge in [-0.05, 0) is 60.0 Å². The maximum absolute atomic E-state index is 5.03. The van der Waals surface area contributed by atoms with E-state index < -0.39 is 0 Å². The van der Waals surface area contributed by atoms with Crippen LogP contribution in [0.5, 0.6) is 0 Å². The van der Waals surface area contributed by atoms with Crippen LogP contribution in [0.1, 0.15) is 61.8 Å². The number of rotatable bonds is 4. The number of hydrogen-bond donors (Lipinski definition) is 0. The highest BCUT2D eigenvalue weighted by Crippen LogP contribution is 2.54. The van der Waals surface area contributed by atoms with Gasteiger partial charge in [-0.2, -0.15) is 0 Å². The van der Waals surface area contributed by atoms with Gasteiger partial charge in [0, 0.05) is 0 Å². The fourth-order valence-electron chi connectivity index (χ4n) is 1.78. The van der Waals surface area contributed by atoms with E-state index in [1.807, 2.05) is 0 Å². The molecule has 0 rings (SSSR count). The molecule has 0 amide bonds. The lowest BCUT2D eigenvalue weighted by atomic mass is 10.2. The summed E-state index contributed by atoms with van der Waals surface area (Å²) in [5.41, 5.74) is 0. The molecule has 0 fully saturated rings. The molecule has 1 unspecified atom stereocenters. The minimum Gasteiger partial charge on any atom is -0.0918 e. The molecule has 96 valence electrons. The number of nitrogens with zero attached hydrogens (tertiary/aromatic N) is 1. The third kappa shape index (κ3) is 6.97. The van der Waals surface area contributed by atoms with Gasteiger partial charge in [0.25, 0.3) is 0 Å². The van der Waals surface area contributed by atoms with Gasteiger partial charge in [-0.15, -0.1) is 0 Å². The predicted octanol–water partition coefficient (Wildman–Crippen LogP) is 5.89. The Bertz CT molecular complexity index is 215. The Hall–Kier alpha value is 0.530. The molecule has 0 aliphatic rings. The summed E-state index contributed by atoms with van der Waals surface area (Å²) in [6, 6.07) is 0. The average Bonchev–Trinajstić information content (AvgIpc) is 1.97. The van der Waals surface area contributed by atoms with Crippen LogP contribution in [-0.4, -0.2) is 16.5 Å². The van der Waals surface area contributed by atoms with E-state index in [4.69, 9.17) is 4.52 Å². The third-order valence-electron chi connectivity index (χ3n) is 2.28. The Morgan fingerprint density at radius 1 is 1.00 bits per heavy atom. The fraction of sp³-hybridized carbons (Fsp3) is 1.00. The van der Waals surface area contributed by atoms with Crippen molar-refractivity contribution in [1.29, 1.82) is 0 Å². The van der Waals surface area contributed by atoms with Crippen molar-refractivity contribution in [3.63, 3.8) is 0 Å². The first kappa shape index (κ1) is 16.5. The molecule has 0 N–H and O–H groups in total. The van der Waals surface area contributed by atoms with E-state index in [2.05, 4.69) is 55.4 Å². The highest BCUT2D eigenvalue weighted by molar-refractivity contribution is 7.57. The zero-order valence-electron chi connectivity index (χ0n) is 12.4. The molecule has 0 radical (unpaired) electrons. The van der Waals surface area contributed by atoms with Gasteiger partial charge < -0.3 is 0 Å². The highest BCUT2D eigenvalue weighted by Gasteiger charge is 2.41. The molecule has 0 aliphatic heterocycles. The predicted molar refractivity (Wildman–Crippen MR) is 81.5 cm³/mol. The minimum absolute atomic E-state index is 0.236. The van der Waals surface area contributed by atoms with E-state index >= 15 is 0 Å². The second-order valence-corrected chi connectivity index (χ2v) is 11.8. The summed E-state index contributed by atoms with van der Waals surface area (Å²) >= 11 is 0. The molecule has 0 aromatic heterocycles. The maximum atomic E-state index is 5.03. The Labute approximate surface area is 105 Å². The molecule has 0 aromatic carbocycles. The average molecular weight is 262 g/mol. The first-order valence-corrected chi connectivity index (χ1v) is 8.74. The molecule has 1 atom stereocenters. The molecule has 0 spiro atoms. The molecular weight excluding hydrogens is 232 g/mol. The second kappa shape index (κ2) is 6.46. The Morgan fingerprint density at radius 2 is 1.44 bits per heavy atom. The summed E-state index contributed by atoms with van der Waals surface area (Å²) in [5, 5.41) is 0.691. The van der Waals surface area contributed by atoms with E-state index in [1.165, 1.54) is 12.6 Å². The van der Waals surface area contributed by atoms with Crippen molar-refractivity contribution in [3.05, 3.63) is 0 Å². The SMILES string of the molecule is CC(C)CCPN=[P+](C(C)(C)C)C(C)(C)C. The lowest BCUT2D eigenvalue weighted by Crippen LogP contribution is -2.20. The van der Waals surface area contributed by atoms with Gasteiger partial charge in [-0.3, -0.25) is 0 Å². The summed E-state index contributed by atoms with van der Waals surface area (Å²) in [6.07, 6.45) is 2.60. The minimum atomic E-state index is -0.236. The van der Waals surface area contributed by atoms with Gasteiger partial charge in [0.15, 0.2) is 0 Å². The lowest BCUT2D eigenvalue weighted by molar-refractivity contribution is 0.631. The van der Waals surface area contributed by atoms with Crippen molar-refractivity contribution in [2.45, 2.75) is 72.1 Å². The molecule has 0 saturated carbocycles. The topological polar surface area (TPSA) is 12.4 Å². The van der Waals surface area contributed by atoms with Crippen LogP contribution >= 0.6 is 16.4 Å². The molecule has 16 heavy (non-hydrogen) atoms. The van der Waals surface area contributed by atoms with Gasteiger partial charge in [-0.1, -0.05) is 18.4 Å². The van der Waals surface area contributed by atoms with Crippen molar-refractivity contribution < 1.29 is 0 Å². The van der Waals surface area contributed by atoms with Crippen LogP contribution in [-0.2, 0) is 0 Å². The summed E-state index contributed by atoms with van der Waals surface area (Å²) in [6.45, 7) is 18.6. The van der Waals surface area contributed by atoms with Gasteiger partial charge in [0.1, 0.15) is 10.3 Å². The van der Waals surface area contributed by atoms with Gasteiger partial charge >= 0.3 is 0 Å². The molecule has 1 nitrogen and oxygen atoms in total. The quantitative estimate of drug-likeness (QED) is 0.442. The normalized spacial score (nSPS) is 13.8. The largest absolute Gasteiger partial charge is 0.214 e. The van der Waals surface area contributed by atoms with Crippen LogP contribution in [0.15, 0.2) is 4.52 Å². The van der Waals surface area contributed by atoms with Gasteiger partial charge in [0.05, 0.1) is 8.73 Å². The Morgan fingerprint density at radius 3 is 1.75 bits per heavy atom. The zero-order valence-corrected chi connectivity index (χ0v) is 14.3. The van der Waals surface area contributed by atoms with Gasteiger partial charge in [-0.25, -0.2) is 0 Å². The lowest BCUT2D eigenvalue weighted by Gasteiger charge is -2.20. The van der Waals surface area contributed by atoms with E-state index in [9.17, 15) is 0 Å². The first-order valence-electron chi connectivity index (χ1n) is 6.29. The summed E-state index contributed by atoms with van der Waals surface area (Å²) in [4.78, 5) is 0. The van der Waals surface area contributed by atoms with Crippen LogP contribution in [0, 0.1) is 5.92 Å². The summed E-state index contributed by atoms with van der Waals surface area (Å²) in [7, 11) is 0.570. The Balaban J connectivity index is 4.49. The summed E-state index contributed by atoms with van der Waals surface area (Å²) in [5.74, 6) is 0.818. The third-order valence-corrected chi connectivity index (χ3v) is 6.69. The highest BCUT2D eigenvalue weighted by atomic mass is 31.1. The van der Waals surface area contributed by atoms with Crippen LogP contribution < -0.4 is 0 Å². The van der Waals surface area contributed by atoms with Crippen LogP contribution in [0.25, 0.3) is 0 Å². The van der Waals surface area contributed by atoms with Crippen LogP contribution in [0.3, 0.4) is 0 Å². The van der Waals surface area contributed by atoms with E-state index in [0.29, 0.717) is 10.3 Å². The summed E-state index contributed by atoms with van der Waals surface area (Å²) < 4.78 is 5.03. The Kier molecular flexibility index (Phi) is 6.67. The molecule has 0 heterocycles. The zero-order chi connectivity index (χ0) is 13.0. The molecule has 0 aliphatic carbocycles.